The van der Waals surface area contributed by atoms with Gasteiger partial charge in [-0.2, -0.15) is 5.10 Å². The van der Waals surface area contributed by atoms with Gasteiger partial charge in [-0.25, -0.2) is 29.6 Å². The van der Waals surface area contributed by atoms with Crippen LogP contribution in [0.3, 0.4) is 0 Å². The number of fused-ring (bicyclic) bond motifs is 1. The number of pyridine rings is 1. The van der Waals surface area contributed by atoms with Crippen LogP contribution in [-0.2, 0) is 6.42 Å². The Kier molecular flexibility index (Phi) is 4.93. The molecule has 0 aromatic carbocycles. The van der Waals surface area contributed by atoms with Crippen LogP contribution in [0.5, 0.6) is 0 Å². The summed E-state index contributed by atoms with van der Waals surface area (Å²) in [5.74, 6) is 2.61. The first-order valence-electron chi connectivity index (χ1n) is 10.7. The Morgan fingerprint density at radius 3 is 2.71 bits per heavy atom. The molecule has 0 saturated heterocycles. The Morgan fingerprint density at radius 2 is 1.94 bits per heavy atom. The lowest BCUT2D eigenvalue weighted by Crippen LogP contribution is -2.18. The van der Waals surface area contributed by atoms with Crippen LogP contribution in [0.25, 0.3) is 28.0 Å². The van der Waals surface area contributed by atoms with Gasteiger partial charge in [0.1, 0.15) is 22.7 Å². The number of nitrogens with one attached hydrogen (secondary N) is 1. The van der Waals surface area contributed by atoms with Gasteiger partial charge < -0.3 is 11.1 Å². The number of anilines is 2. The highest BCUT2D eigenvalue weighted by molar-refractivity contribution is 5.96. The molecule has 1 saturated carbocycles. The monoisotopic (exact) mass is 415 g/mol. The first kappa shape index (κ1) is 19.3. The minimum absolute atomic E-state index is 0.382. The van der Waals surface area contributed by atoms with E-state index in [1.807, 2.05) is 19.2 Å². The topological polar surface area (TPSA) is 120 Å². The smallest absolute Gasteiger partial charge is 0.156 e. The molecule has 158 valence electrons. The number of nitrogens with two attached hydrogens (primary N) is 1. The molecule has 9 nitrogen and oxygen atoms in total. The summed E-state index contributed by atoms with van der Waals surface area (Å²) in [6.45, 7) is 3.93. The zero-order valence-electron chi connectivity index (χ0n) is 17.7. The minimum atomic E-state index is 0.382. The molecule has 1 aliphatic carbocycles. The number of hydrogen-bond donors (Lipinski definition) is 2. The van der Waals surface area contributed by atoms with Gasteiger partial charge in [0.2, 0.25) is 0 Å². The summed E-state index contributed by atoms with van der Waals surface area (Å²) in [4.78, 5) is 22.8. The van der Waals surface area contributed by atoms with Crippen molar-refractivity contribution < 1.29 is 0 Å². The van der Waals surface area contributed by atoms with E-state index >= 15 is 0 Å². The van der Waals surface area contributed by atoms with E-state index in [1.54, 1.807) is 23.3 Å². The predicted octanol–water partition coefficient (Wildman–Crippen LogP) is 3.48. The van der Waals surface area contributed by atoms with Crippen LogP contribution >= 0.6 is 0 Å². The van der Waals surface area contributed by atoms with Gasteiger partial charge >= 0.3 is 0 Å². The van der Waals surface area contributed by atoms with Gasteiger partial charge in [-0.3, -0.25) is 0 Å². The summed E-state index contributed by atoms with van der Waals surface area (Å²) in [5.41, 5.74) is 10.2. The summed E-state index contributed by atoms with van der Waals surface area (Å²) in [5, 5.41) is 8.09. The van der Waals surface area contributed by atoms with Gasteiger partial charge in [-0.1, -0.05) is 19.8 Å². The van der Waals surface area contributed by atoms with E-state index in [0.717, 1.165) is 34.6 Å². The number of nitrogen functional groups attached to an aromatic ring is 1. The maximum Gasteiger partial charge on any atom is 0.156 e. The SMILES string of the molecule is CCc1nc2c(N)ncc(-c3cnn(-c4ccnc(C)n4)c3)c2nc1NC1CCCC1. The molecule has 0 unspecified atom stereocenters. The van der Waals surface area contributed by atoms with Crippen molar-refractivity contribution in [2.24, 2.45) is 0 Å². The Labute approximate surface area is 180 Å². The minimum Gasteiger partial charge on any atom is -0.382 e. The van der Waals surface area contributed by atoms with E-state index in [9.17, 15) is 0 Å². The lowest BCUT2D eigenvalue weighted by atomic mass is 10.1. The molecular formula is C22H25N9. The second-order valence-corrected chi connectivity index (χ2v) is 7.89. The normalized spacial score (nSPS) is 14.4. The van der Waals surface area contributed by atoms with Crippen molar-refractivity contribution in [2.45, 2.75) is 52.0 Å². The lowest BCUT2D eigenvalue weighted by Gasteiger charge is -2.17. The molecule has 0 atom stereocenters. The average molecular weight is 416 g/mol. The Morgan fingerprint density at radius 1 is 1.10 bits per heavy atom. The fourth-order valence-electron chi connectivity index (χ4n) is 4.09. The third-order valence-corrected chi connectivity index (χ3v) is 5.72. The molecule has 4 heterocycles. The third-order valence-electron chi connectivity index (χ3n) is 5.72. The van der Waals surface area contributed by atoms with E-state index < -0.39 is 0 Å². The summed E-state index contributed by atoms with van der Waals surface area (Å²) >= 11 is 0. The summed E-state index contributed by atoms with van der Waals surface area (Å²) in [6.07, 6.45) is 12.8. The molecular weight excluding hydrogens is 390 g/mol. The van der Waals surface area contributed by atoms with Gasteiger partial charge in [-0.15, -0.1) is 0 Å². The Hall–Kier alpha value is -3.62. The van der Waals surface area contributed by atoms with E-state index in [4.69, 9.17) is 15.7 Å². The van der Waals surface area contributed by atoms with Crippen molar-refractivity contribution in [2.75, 3.05) is 11.1 Å². The van der Waals surface area contributed by atoms with E-state index in [0.29, 0.717) is 29.0 Å². The van der Waals surface area contributed by atoms with Crippen LogP contribution in [-0.4, -0.2) is 40.7 Å². The van der Waals surface area contributed by atoms with Gasteiger partial charge in [0.05, 0.1) is 11.9 Å². The van der Waals surface area contributed by atoms with Crippen LogP contribution in [0.1, 0.15) is 44.1 Å². The van der Waals surface area contributed by atoms with Crippen LogP contribution in [0.4, 0.5) is 11.6 Å². The second kappa shape index (κ2) is 7.90. The fraction of sp³-hybridized carbons (Fsp3) is 0.364. The zero-order valence-corrected chi connectivity index (χ0v) is 17.7. The Balaban J connectivity index is 1.61. The largest absolute Gasteiger partial charge is 0.382 e. The highest BCUT2D eigenvalue weighted by atomic mass is 15.3. The van der Waals surface area contributed by atoms with Crippen molar-refractivity contribution in [3.63, 3.8) is 0 Å². The molecule has 0 spiro atoms. The summed E-state index contributed by atoms with van der Waals surface area (Å²) in [7, 11) is 0. The van der Waals surface area contributed by atoms with Crippen molar-refractivity contribution in [1.82, 2.24) is 34.7 Å². The first-order valence-corrected chi connectivity index (χ1v) is 10.7. The van der Waals surface area contributed by atoms with Crippen LogP contribution < -0.4 is 11.1 Å². The highest BCUT2D eigenvalue weighted by Gasteiger charge is 2.20. The molecule has 9 heteroatoms. The standard InChI is InChI=1S/C22H25N9/c1-3-17-22(28-15-6-4-5-7-15)30-19-16(11-25-21(23)20(19)29-17)14-10-26-31(12-14)18-8-9-24-13(2)27-18/h8-12,15H,3-7H2,1-2H3,(H2,23,25)(H,28,30). The third kappa shape index (κ3) is 3.67. The van der Waals surface area contributed by atoms with Crippen LogP contribution in [0.2, 0.25) is 0 Å². The van der Waals surface area contributed by atoms with Crippen molar-refractivity contribution in [3.05, 3.63) is 42.4 Å². The maximum absolute atomic E-state index is 6.18. The highest BCUT2D eigenvalue weighted by Crippen LogP contribution is 2.31. The second-order valence-electron chi connectivity index (χ2n) is 7.89. The fourth-order valence-corrected chi connectivity index (χ4v) is 4.09. The molecule has 31 heavy (non-hydrogen) atoms. The van der Waals surface area contributed by atoms with Gasteiger partial charge in [0.25, 0.3) is 0 Å². The van der Waals surface area contributed by atoms with Gasteiger partial charge in [0.15, 0.2) is 11.6 Å². The molecule has 4 aromatic rings. The number of hydrogen-bond acceptors (Lipinski definition) is 8. The van der Waals surface area contributed by atoms with Crippen molar-refractivity contribution >= 4 is 22.7 Å². The molecule has 5 rings (SSSR count). The molecule has 0 radical (unpaired) electrons. The molecule has 3 N–H and O–H groups in total. The number of nitrogens with zero attached hydrogens (tertiary/aromatic N) is 7. The Bertz CT molecular complexity index is 1240. The van der Waals surface area contributed by atoms with E-state index in [1.165, 1.54) is 25.7 Å². The quantitative estimate of drug-likeness (QED) is 0.508. The first-order chi connectivity index (χ1) is 15.1. The molecule has 1 fully saturated rings. The van der Waals surface area contributed by atoms with Crippen LogP contribution in [0, 0.1) is 6.92 Å². The number of aryl methyl sites for hydroxylation is 2. The predicted molar refractivity (Wildman–Crippen MR) is 120 cm³/mol. The summed E-state index contributed by atoms with van der Waals surface area (Å²) < 4.78 is 1.72. The molecule has 0 amide bonds. The van der Waals surface area contributed by atoms with Gasteiger partial charge in [0, 0.05) is 41.8 Å². The molecule has 1 aliphatic rings. The van der Waals surface area contributed by atoms with Crippen molar-refractivity contribution in [1.29, 1.82) is 0 Å². The molecule has 0 aliphatic heterocycles. The van der Waals surface area contributed by atoms with Gasteiger partial charge in [-0.05, 0) is 26.2 Å². The van der Waals surface area contributed by atoms with Crippen molar-refractivity contribution in [3.8, 4) is 16.9 Å². The zero-order chi connectivity index (χ0) is 21.4. The van der Waals surface area contributed by atoms with Crippen LogP contribution in [0.15, 0.2) is 30.9 Å². The lowest BCUT2D eigenvalue weighted by molar-refractivity contribution is 0.747. The average Bonchev–Trinajstić information content (AvgIpc) is 3.46. The maximum atomic E-state index is 6.18. The van der Waals surface area contributed by atoms with E-state index in [-0.39, 0.29) is 0 Å². The van der Waals surface area contributed by atoms with E-state index in [2.05, 4.69) is 32.3 Å². The molecule has 4 aromatic heterocycles. The summed E-state index contributed by atoms with van der Waals surface area (Å²) in [6, 6.07) is 2.27. The molecule has 0 bridgehead atoms. The number of rotatable bonds is 5. The number of aromatic nitrogens is 7.